The zero-order valence-electron chi connectivity index (χ0n) is 9.85. The molecule has 1 aliphatic carbocycles. The van der Waals surface area contributed by atoms with Gasteiger partial charge in [0.15, 0.2) is 0 Å². The molecular weight excluding hydrogens is 226 g/mol. The molecule has 0 spiro atoms. The number of pyridine rings is 1. The summed E-state index contributed by atoms with van der Waals surface area (Å²) in [5.74, 6) is 1.56. The summed E-state index contributed by atoms with van der Waals surface area (Å²) in [7, 11) is 0. The fraction of sp³-hybridized carbons (Fsp3) is 0.133. The van der Waals surface area contributed by atoms with Crippen LogP contribution in [0.15, 0.2) is 53.5 Å². The molecule has 0 amide bonds. The third-order valence-electron chi connectivity index (χ3n) is 3.02. The molecule has 0 saturated carbocycles. The minimum absolute atomic E-state index is 0.0187. The maximum atomic E-state index is 11.7. The van der Waals surface area contributed by atoms with Crippen molar-refractivity contribution in [2.75, 3.05) is 0 Å². The highest BCUT2D eigenvalue weighted by molar-refractivity contribution is 5.66. The average molecular weight is 239 g/mol. The molecule has 3 heteroatoms. The Hall–Kier alpha value is -2.29. The molecule has 0 atom stereocenters. The van der Waals surface area contributed by atoms with Crippen molar-refractivity contribution in [1.29, 1.82) is 0 Å². The maximum absolute atomic E-state index is 11.7. The van der Waals surface area contributed by atoms with E-state index >= 15 is 0 Å². The summed E-state index contributed by atoms with van der Waals surface area (Å²) in [5.41, 5.74) is 1.69. The highest BCUT2D eigenvalue weighted by atomic mass is 16.5. The van der Waals surface area contributed by atoms with Gasteiger partial charge in [0.1, 0.15) is 11.5 Å². The van der Waals surface area contributed by atoms with Crippen LogP contribution in [-0.2, 0) is 6.42 Å². The molecule has 0 fully saturated rings. The number of fused-ring (bicyclic) bond motifs is 1. The van der Waals surface area contributed by atoms with E-state index in [4.69, 9.17) is 4.74 Å². The van der Waals surface area contributed by atoms with Gasteiger partial charge in [0.25, 0.3) is 5.56 Å². The zero-order chi connectivity index (χ0) is 12.4. The lowest BCUT2D eigenvalue weighted by molar-refractivity contribution is 0.508. The summed E-state index contributed by atoms with van der Waals surface area (Å²) < 4.78 is 5.85. The van der Waals surface area contributed by atoms with Gasteiger partial charge < -0.3 is 9.72 Å². The average Bonchev–Trinajstić information content (AvgIpc) is 2.41. The lowest BCUT2D eigenvalue weighted by Crippen LogP contribution is -2.18. The molecule has 18 heavy (non-hydrogen) atoms. The van der Waals surface area contributed by atoms with Crippen molar-refractivity contribution in [3.8, 4) is 5.75 Å². The number of H-pyrrole nitrogens is 1. The van der Waals surface area contributed by atoms with Gasteiger partial charge in [0.2, 0.25) is 0 Å². The Kier molecular flexibility index (Phi) is 2.73. The van der Waals surface area contributed by atoms with E-state index in [0.29, 0.717) is 0 Å². The van der Waals surface area contributed by atoms with Crippen LogP contribution in [-0.4, -0.2) is 4.98 Å². The minimum Gasteiger partial charge on any atom is -0.457 e. The molecule has 0 aliphatic heterocycles. The normalized spacial score (nSPS) is 13.7. The first-order valence-corrected chi connectivity index (χ1v) is 5.98. The predicted molar refractivity (Wildman–Crippen MR) is 70.4 cm³/mol. The molecule has 1 heterocycles. The standard InChI is InChI=1S/C15H13NO2/c17-15-13-7-4-8-14(12(13)9-10-16-15)18-11-5-2-1-3-6-11/h1-3,5-6,8-10H,4,7H2,(H,16,17). The van der Waals surface area contributed by atoms with Crippen LogP contribution in [0.1, 0.15) is 17.5 Å². The molecule has 0 saturated heterocycles. The van der Waals surface area contributed by atoms with Gasteiger partial charge in [-0.05, 0) is 37.1 Å². The lowest BCUT2D eigenvalue weighted by Gasteiger charge is -2.17. The van der Waals surface area contributed by atoms with Crippen LogP contribution >= 0.6 is 0 Å². The highest BCUT2D eigenvalue weighted by Crippen LogP contribution is 2.26. The smallest absolute Gasteiger partial charge is 0.251 e. The zero-order valence-corrected chi connectivity index (χ0v) is 9.85. The number of aromatic nitrogens is 1. The molecule has 3 nitrogen and oxygen atoms in total. The molecule has 0 unspecified atom stereocenters. The molecule has 2 aromatic rings. The van der Waals surface area contributed by atoms with Crippen molar-refractivity contribution in [2.24, 2.45) is 0 Å². The van der Waals surface area contributed by atoms with E-state index in [1.54, 1.807) is 6.20 Å². The Labute approximate surface area is 105 Å². The number of para-hydroxylation sites is 1. The van der Waals surface area contributed by atoms with Gasteiger partial charge in [0, 0.05) is 17.3 Å². The number of nitrogens with one attached hydrogen (secondary N) is 1. The second-order valence-electron chi connectivity index (χ2n) is 4.22. The van der Waals surface area contributed by atoms with Crippen LogP contribution in [0.5, 0.6) is 5.75 Å². The van der Waals surface area contributed by atoms with E-state index in [1.807, 2.05) is 42.5 Å². The summed E-state index contributed by atoms with van der Waals surface area (Å²) in [4.78, 5) is 14.4. The van der Waals surface area contributed by atoms with Crippen molar-refractivity contribution in [3.05, 3.63) is 70.2 Å². The van der Waals surface area contributed by atoms with Gasteiger partial charge >= 0.3 is 0 Å². The van der Waals surface area contributed by atoms with Crippen molar-refractivity contribution >= 4 is 5.76 Å². The van der Waals surface area contributed by atoms with E-state index in [1.165, 1.54) is 0 Å². The molecule has 0 bridgehead atoms. The van der Waals surface area contributed by atoms with Gasteiger partial charge in [-0.1, -0.05) is 18.2 Å². The van der Waals surface area contributed by atoms with Gasteiger partial charge in [-0.2, -0.15) is 0 Å². The minimum atomic E-state index is -0.0187. The van der Waals surface area contributed by atoms with Crippen molar-refractivity contribution in [2.45, 2.75) is 12.8 Å². The Morgan fingerprint density at radius 2 is 1.94 bits per heavy atom. The van der Waals surface area contributed by atoms with E-state index in [-0.39, 0.29) is 5.56 Å². The van der Waals surface area contributed by atoms with Crippen LogP contribution in [0.4, 0.5) is 0 Å². The van der Waals surface area contributed by atoms with Crippen molar-refractivity contribution < 1.29 is 4.74 Å². The number of hydrogen-bond donors (Lipinski definition) is 1. The van der Waals surface area contributed by atoms with Crippen LogP contribution in [0.2, 0.25) is 0 Å². The molecular formula is C15H13NO2. The van der Waals surface area contributed by atoms with Crippen LogP contribution in [0.3, 0.4) is 0 Å². The maximum Gasteiger partial charge on any atom is 0.251 e. The molecule has 1 aromatic carbocycles. The third-order valence-corrected chi connectivity index (χ3v) is 3.02. The summed E-state index contributed by atoms with van der Waals surface area (Å²) in [6, 6.07) is 11.5. The summed E-state index contributed by atoms with van der Waals surface area (Å²) in [6.07, 6.45) is 5.30. The molecule has 1 aliphatic rings. The number of aromatic amines is 1. The van der Waals surface area contributed by atoms with Gasteiger partial charge in [-0.3, -0.25) is 4.79 Å². The summed E-state index contributed by atoms with van der Waals surface area (Å²) in [5, 5.41) is 0. The Bertz CT molecular complexity index is 641. The lowest BCUT2D eigenvalue weighted by atomic mass is 9.98. The van der Waals surface area contributed by atoms with Crippen LogP contribution in [0.25, 0.3) is 5.76 Å². The first kappa shape index (κ1) is 10.8. The van der Waals surface area contributed by atoms with Gasteiger partial charge in [-0.15, -0.1) is 0 Å². The Morgan fingerprint density at radius 1 is 1.11 bits per heavy atom. The first-order valence-electron chi connectivity index (χ1n) is 5.98. The second-order valence-corrected chi connectivity index (χ2v) is 4.22. The number of allylic oxidation sites excluding steroid dienone is 1. The van der Waals surface area contributed by atoms with Crippen LogP contribution < -0.4 is 10.3 Å². The highest BCUT2D eigenvalue weighted by Gasteiger charge is 2.16. The molecule has 3 rings (SSSR count). The second kappa shape index (κ2) is 4.53. The van der Waals surface area contributed by atoms with Crippen molar-refractivity contribution in [1.82, 2.24) is 4.98 Å². The van der Waals surface area contributed by atoms with E-state index in [0.717, 1.165) is 35.5 Å². The SMILES string of the molecule is O=c1[nH]ccc2c1CCC=C2Oc1ccccc1. The number of ether oxygens (including phenoxy) is 1. The molecule has 1 N–H and O–H groups in total. The number of benzene rings is 1. The van der Waals surface area contributed by atoms with Crippen LogP contribution in [0, 0.1) is 0 Å². The number of rotatable bonds is 2. The monoisotopic (exact) mass is 239 g/mol. The topological polar surface area (TPSA) is 42.1 Å². The predicted octanol–water partition coefficient (Wildman–Crippen LogP) is 2.74. The molecule has 0 radical (unpaired) electrons. The van der Waals surface area contributed by atoms with Crippen molar-refractivity contribution in [3.63, 3.8) is 0 Å². The van der Waals surface area contributed by atoms with E-state index in [2.05, 4.69) is 4.98 Å². The fourth-order valence-electron chi connectivity index (χ4n) is 2.16. The fourth-order valence-corrected chi connectivity index (χ4v) is 2.16. The molecule has 1 aromatic heterocycles. The first-order chi connectivity index (χ1) is 8.84. The Morgan fingerprint density at radius 3 is 2.78 bits per heavy atom. The van der Waals surface area contributed by atoms with Gasteiger partial charge in [-0.25, -0.2) is 0 Å². The summed E-state index contributed by atoms with van der Waals surface area (Å²) in [6.45, 7) is 0. The Balaban J connectivity index is 1.98. The third kappa shape index (κ3) is 1.95. The summed E-state index contributed by atoms with van der Waals surface area (Å²) >= 11 is 0. The largest absolute Gasteiger partial charge is 0.457 e. The quantitative estimate of drug-likeness (QED) is 0.875. The molecule has 90 valence electrons. The number of hydrogen-bond acceptors (Lipinski definition) is 2. The van der Waals surface area contributed by atoms with E-state index < -0.39 is 0 Å². The van der Waals surface area contributed by atoms with E-state index in [9.17, 15) is 4.79 Å². The van der Waals surface area contributed by atoms with Gasteiger partial charge in [0.05, 0.1) is 0 Å².